The van der Waals surface area contributed by atoms with Gasteiger partial charge in [-0.25, -0.2) is 8.42 Å². The summed E-state index contributed by atoms with van der Waals surface area (Å²) in [4.78, 5) is 14.3. The molecule has 2 aromatic carbocycles. The summed E-state index contributed by atoms with van der Waals surface area (Å²) >= 11 is 0. The molecule has 9 heteroatoms. The Morgan fingerprint density at radius 1 is 0.966 bits per heavy atom. The van der Waals surface area contributed by atoms with Gasteiger partial charge >= 0.3 is 0 Å². The van der Waals surface area contributed by atoms with Crippen LogP contribution in [0.1, 0.15) is 6.42 Å². The molecule has 0 spiro atoms. The third-order valence-corrected chi connectivity index (χ3v) is 6.67. The van der Waals surface area contributed by atoms with Gasteiger partial charge < -0.3 is 20.1 Å². The van der Waals surface area contributed by atoms with Crippen LogP contribution in [0.3, 0.4) is 0 Å². The van der Waals surface area contributed by atoms with Crippen molar-refractivity contribution in [1.29, 1.82) is 0 Å². The molecule has 8 nitrogen and oxygen atoms in total. The maximum atomic E-state index is 12.7. The number of benzene rings is 2. The number of sulfonamides is 1. The molecule has 1 heterocycles. The number of carbonyl (C=O) groups excluding carboxylic acids is 1. The summed E-state index contributed by atoms with van der Waals surface area (Å²) in [6, 6.07) is 13.3. The molecule has 0 aromatic heterocycles. The second-order valence-corrected chi connectivity index (χ2v) is 8.57. The van der Waals surface area contributed by atoms with Crippen molar-refractivity contribution in [3.8, 4) is 11.5 Å². The average molecular weight is 420 g/mol. The summed E-state index contributed by atoms with van der Waals surface area (Å²) in [5, 5.41) is 0. The van der Waals surface area contributed by atoms with Crippen molar-refractivity contribution in [3.63, 3.8) is 0 Å². The summed E-state index contributed by atoms with van der Waals surface area (Å²) in [5.41, 5.74) is 6.13. The van der Waals surface area contributed by atoms with Crippen LogP contribution in [0.5, 0.6) is 11.5 Å². The first kappa shape index (κ1) is 20.9. The van der Waals surface area contributed by atoms with Crippen molar-refractivity contribution >= 4 is 21.6 Å². The van der Waals surface area contributed by atoms with E-state index in [1.165, 1.54) is 16.4 Å². The minimum absolute atomic E-state index is 0.0527. The van der Waals surface area contributed by atoms with Crippen LogP contribution in [-0.4, -0.2) is 63.4 Å². The minimum Gasteiger partial charge on any atom is -0.497 e. The lowest BCUT2D eigenvalue weighted by atomic mass is 10.3. The molecule has 0 atom stereocenters. The smallest absolute Gasteiger partial charge is 0.243 e. The number of nitrogens with two attached hydrogens (primary N) is 1. The number of nitrogens with zero attached hydrogens (tertiary/aromatic N) is 2. The van der Waals surface area contributed by atoms with Gasteiger partial charge in [-0.05, 0) is 48.5 Å². The third kappa shape index (κ3) is 5.18. The zero-order valence-corrected chi connectivity index (χ0v) is 17.1. The number of carbonyl (C=O) groups is 1. The first-order valence-corrected chi connectivity index (χ1v) is 10.7. The molecule has 0 bridgehead atoms. The predicted molar refractivity (Wildman–Crippen MR) is 109 cm³/mol. The van der Waals surface area contributed by atoms with Crippen LogP contribution in [0.15, 0.2) is 53.4 Å². The van der Waals surface area contributed by atoms with Gasteiger partial charge in [0, 0.05) is 31.9 Å². The van der Waals surface area contributed by atoms with E-state index in [1.54, 1.807) is 48.4 Å². The van der Waals surface area contributed by atoms with Gasteiger partial charge in [0.25, 0.3) is 0 Å². The fraction of sp³-hybridized carbons (Fsp3) is 0.350. The Morgan fingerprint density at radius 3 is 2.14 bits per heavy atom. The average Bonchev–Trinajstić information content (AvgIpc) is 2.74. The van der Waals surface area contributed by atoms with E-state index in [1.807, 2.05) is 0 Å². The van der Waals surface area contributed by atoms with E-state index >= 15 is 0 Å². The van der Waals surface area contributed by atoms with E-state index in [0.717, 1.165) is 5.75 Å². The number of methoxy groups -OCH3 is 1. The predicted octanol–water partition coefficient (Wildman–Crippen LogP) is 1.58. The highest BCUT2D eigenvalue weighted by atomic mass is 32.2. The van der Waals surface area contributed by atoms with E-state index in [0.29, 0.717) is 24.5 Å². The lowest BCUT2D eigenvalue weighted by molar-refractivity contribution is -0.132. The quantitative estimate of drug-likeness (QED) is 0.684. The lowest BCUT2D eigenvalue weighted by Crippen LogP contribution is -2.50. The van der Waals surface area contributed by atoms with Gasteiger partial charge in [-0.3, -0.25) is 4.79 Å². The van der Waals surface area contributed by atoms with Gasteiger partial charge in [0.1, 0.15) is 11.5 Å². The van der Waals surface area contributed by atoms with Crippen molar-refractivity contribution in [2.75, 3.05) is 45.6 Å². The Balaban J connectivity index is 1.47. The van der Waals surface area contributed by atoms with Crippen molar-refractivity contribution < 1.29 is 22.7 Å². The molecular weight excluding hydrogens is 394 g/mol. The van der Waals surface area contributed by atoms with Crippen molar-refractivity contribution in [1.82, 2.24) is 9.21 Å². The van der Waals surface area contributed by atoms with Crippen LogP contribution in [0, 0.1) is 0 Å². The summed E-state index contributed by atoms with van der Waals surface area (Å²) in [7, 11) is -1.99. The monoisotopic (exact) mass is 419 g/mol. The Hall–Kier alpha value is -2.78. The molecule has 0 radical (unpaired) electrons. The Bertz CT molecular complexity index is 922. The third-order valence-electron chi connectivity index (χ3n) is 4.75. The first-order chi connectivity index (χ1) is 13.9. The number of amides is 1. The number of anilines is 1. The molecule has 1 aliphatic heterocycles. The molecule has 1 aliphatic rings. The summed E-state index contributed by atoms with van der Waals surface area (Å²) < 4.78 is 37.5. The molecule has 1 fully saturated rings. The van der Waals surface area contributed by atoms with Crippen LogP contribution in [0.2, 0.25) is 0 Å². The molecule has 1 saturated heterocycles. The van der Waals surface area contributed by atoms with E-state index in [4.69, 9.17) is 15.2 Å². The van der Waals surface area contributed by atoms with Crippen LogP contribution in [0.4, 0.5) is 5.69 Å². The molecule has 0 aliphatic carbocycles. The maximum Gasteiger partial charge on any atom is 0.243 e. The fourth-order valence-corrected chi connectivity index (χ4v) is 4.48. The van der Waals surface area contributed by atoms with Gasteiger partial charge in [-0.15, -0.1) is 0 Å². The summed E-state index contributed by atoms with van der Waals surface area (Å²) in [6.45, 7) is 1.50. The van der Waals surface area contributed by atoms with Crippen LogP contribution in [0.25, 0.3) is 0 Å². The second kappa shape index (κ2) is 9.15. The summed E-state index contributed by atoms with van der Waals surface area (Å²) in [5.74, 6) is 1.35. The molecule has 1 amide bonds. The molecule has 0 saturated carbocycles. The highest BCUT2D eigenvalue weighted by molar-refractivity contribution is 7.89. The standard InChI is InChI=1S/C20H25N3O5S/c1-27-17-4-6-18(7-5-17)28-15-10-20(24)22-11-13-23(14-12-22)29(25,26)19-8-2-16(21)3-9-19/h2-9H,10-15,21H2,1H3. The van der Waals surface area contributed by atoms with Gasteiger partial charge in [0.2, 0.25) is 15.9 Å². The number of rotatable bonds is 7. The van der Waals surface area contributed by atoms with Crippen molar-refractivity contribution in [3.05, 3.63) is 48.5 Å². The van der Waals surface area contributed by atoms with Crippen LogP contribution >= 0.6 is 0 Å². The number of hydrogen-bond acceptors (Lipinski definition) is 6. The molecule has 3 rings (SSSR count). The Labute approximate surface area is 170 Å². The zero-order chi connectivity index (χ0) is 20.9. The Morgan fingerprint density at radius 2 is 1.55 bits per heavy atom. The fourth-order valence-electron chi connectivity index (χ4n) is 3.05. The lowest BCUT2D eigenvalue weighted by Gasteiger charge is -2.34. The molecule has 2 aromatic rings. The molecule has 156 valence electrons. The summed E-state index contributed by atoms with van der Waals surface area (Å²) in [6.07, 6.45) is 0.233. The highest BCUT2D eigenvalue weighted by Crippen LogP contribution is 2.20. The Kier molecular flexibility index (Phi) is 6.60. The highest BCUT2D eigenvalue weighted by Gasteiger charge is 2.29. The van der Waals surface area contributed by atoms with E-state index in [9.17, 15) is 13.2 Å². The number of hydrogen-bond donors (Lipinski definition) is 1. The molecular formula is C20H25N3O5S. The maximum absolute atomic E-state index is 12.7. The zero-order valence-electron chi connectivity index (χ0n) is 16.3. The molecule has 0 unspecified atom stereocenters. The van der Waals surface area contributed by atoms with E-state index in [2.05, 4.69) is 0 Å². The van der Waals surface area contributed by atoms with Crippen LogP contribution in [-0.2, 0) is 14.8 Å². The number of ether oxygens (including phenoxy) is 2. The van der Waals surface area contributed by atoms with Gasteiger partial charge in [-0.1, -0.05) is 0 Å². The molecule has 29 heavy (non-hydrogen) atoms. The normalized spacial score (nSPS) is 15.1. The van der Waals surface area contributed by atoms with E-state index in [-0.39, 0.29) is 36.9 Å². The number of nitrogen functional groups attached to an aromatic ring is 1. The minimum atomic E-state index is -3.58. The van der Waals surface area contributed by atoms with Crippen molar-refractivity contribution in [2.45, 2.75) is 11.3 Å². The van der Waals surface area contributed by atoms with E-state index < -0.39 is 10.0 Å². The molecule has 2 N–H and O–H groups in total. The van der Waals surface area contributed by atoms with Crippen LogP contribution < -0.4 is 15.2 Å². The van der Waals surface area contributed by atoms with Gasteiger partial charge in [0.15, 0.2) is 0 Å². The topological polar surface area (TPSA) is 102 Å². The van der Waals surface area contributed by atoms with Crippen molar-refractivity contribution in [2.24, 2.45) is 0 Å². The van der Waals surface area contributed by atoms with Gasteiger partial charge in [-0.2, -0.15) is 4.31 Å². The second-order valence-electron chi connectivity index (χ2n) is 6.63. The van der Waals surface area contributed by atoms with Gasteiger partial charge in [0.05, 0.1) is 25.0 Å². The number of piperazine rings is 1. The first-order valence-electron chi connectivity index (χ1n) is 9.30. The SMILES string of the molecule is COc1ccc(OCCC(=O)N2CCN(S(=O)(=O)c3ccc(N)cc3)CC2)cc1. The largest absolute Gasteiger partial charge is 0.497 e.